The first kappa shape index (κ1) is 33.2. The largest absolute Gasteiger partial charge is 0.490 e. The minimum atomic E-state index is 0.0871. The fraction of sp³-hybridized carbons (Fsp3) is 0.588. The summed E-state index contributed by atoms with van der Waals surface area (Å²) in [5.74, 6) is 4.25. The highest BCUT2D eigenvalue weighted by atomic mass is 16.5. The van der Waals surface area contributed by atoms with Gasteiger partial charge in [0.15, 0.2) is 23.0 Å². The Morgan fingerprint density at radius 3 is 1.19 bits per heavy atom. The van der Waals surface area contributed by atoms with Crippen LogP contribution in [-0.4, -0.2) is 31.6 Å². The first-order valence-corrected chi connectivity index (χ1v) is 15.4. The number of nitroso groups, excluding NO2 is 1. The Bertz CT molecular complexity index is 1320. The lowest BCUT2D eigenvalue weighted by Crippen LogP contribution is -2.07. The lowest BCUT2D eigenvalue weighted by molar-refractivity contribution is 0.247. The third-order valence-corrected chi connectivity index (χ3v) is 7.23. The summed E-state index contributed by atoms with van der Waals surface area (Å²) in [6.07, 6.45) is 3.54. The van der Waals surface area contributed by atoms with Crippen molar-refractivity contribution in [3.63, 3.8) is 0 Å². The van der Waals surface area contributed by atoms with Crippen LogP contribution in [0, 0.1) is 28.6 Å². The fourth-order valence-corrected chi connectivity index (χ4v) is 4.51. The van der Waals surface area contributed by atoms with Crippen molar-refractivity contribution in [2.45, 2.75) is 81.1 Å². The molecule has 0 saturated heterocycles. The van der Waals surface area contributed by atoms with Crippen molar-refractivity contribution >= 4 is 32.9 Å². The first-order valence-electron chi connectivity index (χ1n) is 15.4. The second-order valence-corrected chi connectivity index (χ2v) is 12.7. The van der Waals surface area contributed by atoms with E-state index in [1.165, 1.54) is 0 Å². The van der Waals surface area contributed by atoms with Crippen LogP contribution in [0.4, 0.5) is 11.4 Å². The Hall–Kier alpha value is -3.26. The van der Waals surface area contributed by atoms with Crippen LogP contribution in [0.3, 0.4) is 0 Å². The molecule has 3 aromatic carbocycles. The van der Waals surface area contributed by atoms with Crippen LogP contribution in [0.1, 0.15) is 81.1 Å². The average molecular weight is 583 g/mol. The maximum atomic E-state index is 12.3. The number of benzene rings is 3. The highest BCUT2D eigenvalue weighted by molar-refractivity contribution is 6.20. The van der Waals surface area contributed by atoms with Crippen LogP contribution in [0.5, 0.6) is 23.0 Å². The summed E-state index contributed by atoms with van der Waals surface area (Å²) in [7, 11) is 0. The highest BCUT2D eigenvalue weighted by Gasteiger charge is 2.22. The van der Waals surface area contributed by atoms with Crippen molar-refractivity contribution in [2.24, 2.45) is 28.8 Å². The third-order valence-electron chi connectivity index (χ3n) is 7.23. The van der Waals surface area contributed by atoms with E-state index in [0.29, 0.717) is 83.9 Å². The van der Waals surface area contributed by atoms with Crippen LogP contribution in [0.15, 0.2) is 29.4 Å². The predicted molar refractivity (Wildman–Crippen MR) is 172 cm³/mol. The lowest BCUT2D eigenvalue weighted by Gasteiger charge is -2.20. The molecule has 0 aliphatic rings. The SMILES string of the molecule is CC(C)CCOc1cc2c(N=O)c(NO)c3cc(OCCC(C)C)c(OCCC(C)C)cc3c2cc1OCCC(C)C. The summed E-state index contributed by atoms with van der Waals surface area (Å²) in [4.78, 5) is 12.3. The molecule has 0 radical (unpaired) electrons. The van der Waals surface area contributed by atoms with E-state index in [1.807, 2.05) is 18.2 Å². The van der Waals surface area contributed by atoms with Gasteiger partial charge in [0.2, 0.25) is 0 Å². The van der Waals surface area contributed by atoms with E-state index in [1.54, 1.807) is 6.07 Å². The van der Waals surface area contributed by atoms with Gasteiger partial charge in [-0.05, 0) is 89.6 Å². The number of anilines is 1. The van der Waals surface area contributed by atoms with E-state index in [2.05, 4.69) is 66.0 Å². The minimum Gasteiger partial charge on any atom is -0.490 e. The molecule has 0 fully saturated rings. The Balaban J connectivity index is 2.25. The monoisotopic (exact) mass is 582 g/mol. The van der Waals surface area contributed by atoms with Gasteiger partial charge in [-0.15, -0.1) is 4.91 Å². The normalized spacial score (nSPS) is 11.7. The summed E-state index contributed by atoms with van der Waals surface area (Å²) in [5, 5.41) is 16.2. The molecule has 8 nitrogen and oxygen atoms in total. The van der Waals surface area contributed by atoms with Gasteiger partial charge in [-0.25, -0.2) is 0 Å². The highest BCUT2D eigenvalue weighted by Crippen LogP contribution is 2.48. The average Bonchev–Trinajstić information content (AvgIpc) is 2.92. The van der Waals surface area contributed by atoms with Gasteiger partial charge in [-0.3, -0.25) is 10.7 Å². The Morgan fingerprint density at radius 2 is 0.881 bits per heavy atom. The third kappa shape index (κ3) is 8.87. The van der Waals surface area contributed by atoms with E-state index in [4.69, 9.17) is 18.9 Å². The van der Waals surface area contributed by atoms with Crippen molar-refractivity contribution in [3.8, 4) is 23.0 Å². The molecular formula is C34H50N2O6. The number of nitrogens with zero attached hydrogens (tertiary/aromatic N) is 1. The number of hydrogen-bond donors (Lipinski definition) is 2. The van der Waals surface area contributed by atoms with Crippen molar-refractivity contribution in [3.05, 3.63) is 29.2 Å². The topological polar surface area (TPSA) is 98.6 Å². The van der Waals surface area contributed by atoms with Crippen molar-refractivity contribution < 1.29 is 24.2 Å². The first-order chi connectivity index (χ1) is 20.0. The zero-order valence-electron chi connectivity index (χ0n) is 26.7. The second-order valence-electron chi connectivity index (χ2n) is 12.7. The molecule has 42 heavy (non-hydrogen) atoms. The molecule has 3 aromatic rings. The van der Waals surface area contributed by atoms with Gasteiger partial charge in [0.25, 0.3) is 0 Å². The standard InChI is InChI=1S/C34H50N2O6/c1-21(2)9-13-39-29-17-25-26-18-30(40-14-10-22(3)4)32(42-16-12-24(7)8)20-28(26)34(36-38)33(35-37)27(25)19-31(29)41-15-11-23(5)6/h17-24,35,37H,9-16H2,1-8H3. The fourth-order valence-electron chi connectivity index (χ4n) is 4.51. The summed E-state index contributed by atoms with van der Waals surface area (Å²) >= 11 is 0. The van der Waals surface area contributed by atoms with Gasteiger partial charge in [-0.1, -0.05) is 55.4 Å². The molecule has 232 valence electrons. The van der Waals surface area contributed by atoms with E-state index >= 15 is 0 Å². The Kier molecular flexibility index (Phi) is 12.5. The van der Waals surface area contributed by atoms with Gasteiger partial charge in [0.1, 0.15) is 5.69 Å². The number of hydrogen-bond acceptors (Lipinski definition) is 8. The lowest BCUT2D eigenvalue weighted by atomic mass is 9.97. The van der Waals surface area contributed by atoms with E-state index in [-0.39, 0.29) is 11.4 Å². The molecule has 3 rings (SSSR count). The Morgan fingerprint density at radius 1 is 0.571 bits per heavy atom. The van der Waals surface area contributed by atoms with Crippen LogP contribution in [0.25, 0.3) is 21.5 Å². The van der Waals surface area contributed by atoms with Gasteiger partial charge >= 0.3 is 0 Å². The molecule has 2 N–H and O–H groups in total. The number of nitrogens with one attached hydrogen (secondary N) is 1. The maximum absolute atomic E-state index is 12.3. The minimum absolute atomic E-state index is 0.0871. The molecule has 0 aromatic heterocycles. The van der Waals surface area contributed by atoms with Crippen molar-refractivity contribution in [1.29, 1.82) is 0 Å². The van der Waals surface area contributed by atoms with Gasteiger partial charge in [0, 0.05) is 10.8 Å². The summed E-state index contributed by atoms with van der Waals surface area (Å²) in [6, 6.07) is 7.45. The van der Waals surface area contributed by atoms with Crippen LogP contribution in [0.2, 0.25) is 0 Å². The van der Waals surface area contributed by atoms with E-state index in [9.17, 15) is 10.1 Å². The zero-order valence-corrected chi connectivity index (χ0v) is 26.7. The molecule has 8 heteroatoms. The molecule has 0 atom stereocenters. The zero-order chi connectivity index (χ0) is 30.8. The van der Waals surface area contributed by atoms with Gasteiger partial charge < -0.3 is 18.9 Å². The smallest absolute Gasteiger partial charge is 0.161 e. The van der Waals surface area contributed by atoms with Crippen LogP contribution < -0.4 is 24.4 Å². The van der Waals surface area contributed by atoms with Crippen molar-refractivity contribution in [1.82, 2.24) is 0 Å². The summed E-state index contributed by atoms with van der Waals surface area (Å²) in [5.41, 5.74) is 2.53. The quantitative estimate of drug-likeness (QED) is 0.0874. The number of fused-ring (bicyclic) bond motifs is 3. The Labute approximate surface area is 251 Å². The molecule has 0 spiro atoms. The van der Waals surface area contributed by atoms with Crippen LogP contribution >= 0.6 is 0 Å². The molecule has 0 saturated carbocycles. The van der Waals surface area contributed by atoms with Crippen LogP contribution in [-0.2, 0) is 0 Å². The molecule has 0 bridgehead atoms. The predicted octanol–water partition coefficient (Wildman–Crippen LogP) is 9.89. The summed E-state index contributed by atoms with van der Waals surface area (Å²) in [6.45, 7) is 19.3. The molecule has 0 heterocycles. The number of ether oxygens (including phenoxy) is 4. The van der Waals surface area contributed by atoms with Crippen molar-refractivity contribution in [2.75, 3.05) is 31.9 Å². The molecular weight excluding hydrogens is 532 g/mol. The summed E-state index contributed by atoms with van der Waals surface area (Å²) < 4.78 is 24.9. The van der Waals surface area contributed by atoms with Gasteiger partial charge in [-0.2, -0.15) is 0 Å². The number of rotatable bonds is 18. The maximum Gasteiger partial charge on any atom is 0.161 e. The molecule has 0 aliphatic carbocycles. The van der Waals surface area contributed by atoms with Gasteiger partial charge in [0.05, 0.1) is 32.1 Å². The van der Waals surface area contributed by atoms with E-state index < -0.39 is 0 Å². The molecule has 0 amide bonds. The molecule has 0 aliphatic heterocycles. The van der Waals surface area contributed by atoms with E-state index in [0.717, 1.165) is 36.5 Å². The molecule has 0 unspecified atom stereocenters. The second kappa shape index (κ2) is 15.8.